The average Bonchev–Trinajstić information content (AvgIpc) is 2.98. The molecule has 7 heteroatoms. The number of nitrogens with zero attached hydrogens (tertiary/aromatic N) is 4. The molecular formula is C20H17N5O2. The van der Waals surface area contributed by atoms with E-state index >= 15 is 0 Å². The summed E-state index contributed by atoms with van der Waals surface area (Å²) in [5.74, 6) is -0.00737. The van der Waals surface area contributed by atoms with Gasteiger partial charge in [-0.3, -0.25) is 9.59 Å². The van der Waals surface area contributed by atoms with E-state index < -0.39 is 11.6 Å². The van der Waals surface area contributed by atoms with Gasteiger partial charge in [-0.15, -0.1) is 0 Å². The molecule has 7 nitrogen and oxygen atoms in total. The Kier molecular flexibility index (Phi) is 3.63. The number of hydrogen-bond donors (Lipinski definition) is 1. The molecule has 3 aromatic rings. The van der Waals surface area contributed by atoms with Crippen LogP contribution in [0.1, 0.15) is 11.6 Å². The molecule has 1 aromatic heterocycles. The van der Waals surface area contributed by atoms with Crippen LogP contribution in [0, 0.1) is 11.3 Å². The molecule has 134 valence electrons. The van der Waals surface area contributed by atoms with Crippen molar-refractivity contribution >= 4 is 22.3 Å². The zero-order valence-corrected chi connectivity index (χ0v) is 14.9. The first-order chi connectivity index (χ1) is 13.0. The third-order valence-corrected chi connectivity index (χ3v) is 4.87. The van der Waals surface area contributed by atoms with E-state index in [1.54, 1.807) is 24.3 Å². The molecule has 0 aliphatic carbocycles. The number of benzene rings is 2. The van der Waals surface area contributed by atoms with Crippen LogP contribution in [0.15, 0.2) is 63.7 Å². The SMILES string of the molecule is CN(C)c1ccc(C2C(C#N)=C(N)n3c(=O)c4ccccc4c(=O)n32)cc1. The van der Waals surface area contributed by atoms with E-state index in [0.29, 0.717) is 10.9 Å². The maximum atomic E-state index is 13.1. The topological polar surface area (TPSA) is 97.1 Å². The lowest BCUT2D eigenvalue weighted by Crippen LogP contribution is -2.38. The van der Waals surface area contributed by atoms with Crippen molar-refractivity contribution in [3.63, 3.8) is 0 Å². The van der Waals surface area contributed by atoms with Crippen LogP contribution in [-0.4, -0.2) is 23.5 Å². The highest BCUT2D eigenvalue weighted by Gasteiger charge is 2.34. The second kappa shape index (κ2) is 5.88. The summed E-state index contributed by atoms with van der Waals surface area (Å²) in [4.78, 5) is 28.0. The largest absolute Gasteiger partial charge is 0.383 e. The van der Waals surface area contributed by atoms with E-state index in [4.69, 9.17) is 5.73 Å². The highest BCUT2D eigenvalue weighted by molar-refractivity contribution is 5.81. The summed E-state index contributed by atoms with van der Waals surface area (Å²) in [5, 5.41) is 10.3. The first-order valence-corrected chi connectivity index (χ1v) is 8.39. The molecular weight excluding hydrogens is 342 g/mol. The minimum Gasteiger partial charge on any atom is -0.383 e. The predicted octanol–water partition coefficient (Wildman–Crippen LogP) is 1.48. The molecule has 4 rings (SSSR count). The highest BCUT2D eigenvalue weighted by atomic mass is 16.2. The van der Waals surface area contributed by atoms with Gasteiger partial charge in [-0.1, -0.05) is 24.3 Å². The molecule has 0 saturated carbocycles. The van der Waals surface area contributed by atoms with Crippen LogP contribution >= 0.6 is 0 Å². The Morgan fingerprint density at radius 3 is 2.15 bits per heavy atom. The monoisotopic (exact) mass is 359 g/mol. The van der Waals surface area contributed by atoms with Crippen molar-refractivity contribution in [2.24, 2.45) is 5.73 Å². The van der Waals surface area contributed by atoms with Crippen LogP contribution in [0.4, 0.5) is 5.69 Å². The van der Waals surface area contributed by atoms with Crippen molar-refractivity contribution in [2.75, 3.05) is 19.0 Å². The fraction of sp³-hybridized carbons (Fsp3) is 0.150. The van der Waals surface area contributed by atoms with Gasteiger partial charge in [-0.05, 0) is 29.8 Å². The fourth-order valence-corrected chi connectivity index (χ4v) is 3.50. The van der Waals surface area contributed by atoms with E-state index in [1.807, 2.05) is 43.3 Å². The van der Waals surface area contributed by atoms with Gasteiger partial charge in [-0.25, -0.2) is 4.68 Å². The molecule has 1 atom stereocenters. The van der Waals surface area contributed by atoms with Crippen LogP contribution in [0.2, 0.25) is 0 Å². The van der Waals surface area contributed by atoms with Crippen LogP contribution in [0.3, 0.4) is 0 Å². The van der Waals surface area contributed by atoms with Gasteiger partial charge in [-0.2, -0.15) is 9.94 Å². The number of hydrogen-bond acceptors (Lipinski definition) is 5. The molecule has 2 aromatic carbocycles. The molecule has 1 unspecified atom stereocenters. The zero-order valence-electron chi connectivity index (χ0n) is 14.9. The Morgan fingerprint density at radius 2 is 1.59 bits per heavy atom. The van der Waals surface area contributed by atoms with Gasteiger partial charge in [0, 0.05) is 19.8 Å². The number of allylic oxidation sites excluding steroid dienone is 1. The third-order valence-electron chi connectivity index (χ3n) is 4.87. The van der Waals surface area contributed by atoms with Crippen molar-refractivity contribution < 1.29 is 0 Å². The highest BCUT2D eigenvalue weighted by Crippen LogP contribution is 2.33. The Morgan fingerprint density at radius 1 is 1.00 bits per heavy atom. The second-order valence-corrected chi connectivity index (χ2v) is 6.61. The summed E-state index contributed by atoms with van der Waals surface area (Å²) >= 11 is 0. The standard InChI is InChI=1S/C20H17N5O2/c1-23(2)13-9-7-12(8-10-13)17-16(11-21)18(22)25-20(27)15-6-4-3-5-14(15)19(26)24(17)25/h3-10,17H,22H2,1-2H3. The number of aromatic nitrogens is 2. The first kappa shape index (κ1) is 16.7. The van der Waals surface area contributed by atoms with Crippen molar-refractivity contribution in [3.05, 3.63) is 80.4 Å². The van der Waals surface area contributed by atoms with E-state index in [9.17, 15) is 14.9 Å². The van der Waals surface area contributed by atoms with Crippen molar-refractivity contribution in [3.8, 4) is 6.07 Å². The van der Waals surface area contributed by atoms with E-state index in [-0.39, 0.29) is 22.3 Å². The number of anilines is 1. The van der Waals surface area contributed by atoms with E-state index in [0.717, 1.165) is 10.4 Å². The van der Waals surface area contributed by atoms with Gasteiger partial charge in [0.05, 0.1) is 10.8 Å². The number of nitriles is 1. The summed E-state index contributed by atoms with van der Waals surface area (Å²) in [6.45, 7) is 0. The lowest BCUT2D eigenvalue weighted by atomic mass is 10.00. The zero-order chi connectivity index (χ0) is 19.3. The Bertz CT molecular complexity index is 1260. The summed E-state index contributed by atoms with van der Waals surface area (Å²) in [6.07, 6.45) is 0. The van der Waals surface area contributed by atoms with Crippen LogP contribution in [-0.2, 0) is 0 Å². The van der Waals surface area contributed by atoms with Gasteiger partial charge in [0.15, 0.2) is 0 Å². The summed E-state index contributed by atoms with van der Waals surface area (Å²) < 4.78 is 2.40. The van der Waals surface area contributed by atoms with Crippen molar-refractivity contribution in [1.82, 2.24) is 9.36 Å². The maximum Gasteiger partial charge on any atom is 0.279 e. The quantitative estimate of drug-likeness (QED) is 0.747. The second-order valence-electron chi connectivity index (χ2n) is 6.61. The molecule has 0 saturated heterocycles. The minimum atomic E-state index is -0.740. The lowest BCUT2D eigenvalue weighted by molar-refractivity contribution is 0.539. The van der Waals surface area contributed by atoms with Gasteiger partial charge in [0.25, 0.3) is 11.1 Å². The molecule has 0 amide bonds. The number of nitrogens with two attached hydrogens (primary N) is 1. The van der Waals surface area contributed by atoms with Crippen LogP contribution in [0.25, 0.3) is 16.6 Å². The van der Waals surface area contributed by atoms with Gasteiger partial charge >= 0.3 is 0 Å². The molecule has 2 N–H and O–H groups in total. The lowest BCUT2D eigenvalue weighted by Gasteiger charge is -2.18. The molecule has 0 fully saturated rings. The molecule has 1 aliphatic heterocycles. The van der Waals surface area contributed by atoms with Gasteiger partial charge in [0.1, 0.15) is 23.5 Å². The van der Waals surface area contributed by atoms with E-state index in [1.165, 1.54) is 4.68 Å². The summed E-state index contributed by atoms with van der Waals surface area (Å²) in [5.41, 5.74) is 7.22. The number of fused-ring (bicyclic) bond motifs is 2. The molecule has 0 bridgehead atoms. The molecule has 2 heterocycles. The third kappa shape index (κ3) is 2.27. The van der Waals surface area contributed by atoms with E-state index in [2.05, 4.69) is 6.07 Å². The van der Waals surface area contributed by atoms with Crippen molar-refractivity contribution in [1.29, 1.82) is 5.26 Å². The Balaban J connectivity index is 2.05. The normalized spacial score (nSPS) is 15.7. The first-order valence-electron chi connectivity index (χ1n) is 8.39. The fourth-order valence-electron chi connectivity index (χ4n) is 3.50. The Hall–Kier alpha value is -3.79. The van der Waals surface area contributed by atoms with Gasteiger partial charge in [0.2, 0.25) is 0 Å². The minimum absolute atomic E-state index is 0.00737. The molecule has 0 radical (unpaired) electrons. The number of rotatable bonds is 2. The molecule has 1 aliphatic rings. The van der Waals surface area contributed by atoms with Crippen LogP contribution < -0.4 is 21.8 Å². The molecule has 0 spiro atoms. The average molecular weight is 359 g/mol. The predicted molar refractivity (Wildman–Crippen MR) is 104 cm³/mol. The Labute approximate surface area is 154 Å². The van der Waals surface area contributed by atoms with Crippen molar-refractivity contribution in [2.45, 2.75) is 6.04 Å². The van der Waals surface area contributed by atoms with Crippen LogP contribution in [0.5, 0.6) is 0 Å². The molecule has 27 heavy (non-hydrogen) atoms. The smallest absolute Gasteiger partial charge is 0.279 e. The summed E-state index contributed by atoms with van der Waals surface area (Å²) in [7, 11) is 3.85. The van der Waals surface area contributed by atoms with Gasteiger partial charge < -0.3 is 10.6 Å². The maximum absolute atomic E-state index is 13.1. The summed E-state index contributed by atoms with van der Waals surface area (Å²) in [6, 6.07) is 15.4.